The van der Waals surface area contributed by atoms with Gasteiger partial charge in [-0.1, -0.05) is 23.7 Å². The molecular formula is C25H19BrClN3O6. The van der Waals surface area contributed by atoms with Gasteiger partial charge in [0.05, 0.1) is 27.8 Å². The van der Waals surface area contributed by atoms with Crippen molar-refractivity contribution in [2.45, 2.75) is 13.5 Å². The van der Waals surface area contributed by atoms with Crippen LogP contribution in [0.3, 0.4) is 0 Å². The number of nitro benzene ring substituents is 1. The van der Waals surface area contributed by atoms with E-state index in [0.29, 0.717) is 33.2 Å². The van der Waals surface area contributed by atoms with Crippen LogP contribution in [0.2, 0.25) is 5.02 Å². The number of anilines is 1. The topological polar surface area (TPSA) is 135 Å². The number of phenolic OH excluding ortho intramolecular Hbond substituents is 1. The number of ether oxygens (including phenoxy) is 2. The lowest BCUT2D eigenvalue weighted by atomic mass is 10.1. The Labute approximate surface area is 219 Å². The molecule has 0 aliphatic rings. The number of carbonyl (C=O) groups is 1. The molecular weight excluding hydrogens is 554 g/mol. The molecule has 0 spiro atoms. The third kappa shape index (κ3) is 6.75. The average Bonchev–Trinajstić information content (AvgIpc) is 2.84. The van der Waals surface area contributed by atoms with Crippen LogP contribution in [0.5, 0.6) is 17.2 Å². The minimum atomic E-state index is -0.807. The lowest BCUT2D eigenvalue weighted by Gasteiger charge is -2.15. The Bertz CT molecular complexity index is 1370. The molecule has 0 aliphatic heterocycles. The number of hydrogen-bond donors (Lipinski definition) is 2. The summed E-state index contributed by atoms with van der Waals surface area (Å²) in [5.41, 5.74) is 0.693. The molecule has 0 fully saturated rings. The minimum absolute atomic E-state index is 0.0751. The first-order valence-corrected chi connectivity index (χ1v) is 11.6. The molecule has 11 heteroatoms. The van der Waals surface area contributed by atoms with E-state index in [1.807, 2.05) is 25.1 Å². The zero-order valence-electron chi connectivity index (χ0n) is 18.8. The third-order valence-electron chi connectivity index (χ3n) is 4.74. The minimum Gasteiger partial charge on any atom is -0.506 e. The fraction of sp³-hybridized carbons (Fsp3) is 0.120. The van der Waals surface area contributed by atoms with Gasteiger partial charge in [0.2, 0.25) is 0 Å². The van der Waals surface area contributed by atoms with Gasteiger partial charge in [0, 0.05) is 11.1 Å². The van der Waals surface area contributed by atoms with Crippen molar-refractivity contribution in [3.63, 3.8) is 0 Å². The molecule has 0 atom stereocenters. The van der Waals surface area contributed by atoms with E-state index < -0.39 is 16.6 Å². The quantitative estimate of drug-likeness (QED) is 0.102. The van der Waals surface area contributed by atoms with Crippen molar-refractivity contribution in [3.8, 4) is 23.3 Å². The van der Waals surface area contributed by atoms with E-state index in [9.17, 15) is 25.3 Å². The summed E-state index contributed by atoms with van der Waals surface area (Å²) in [5.74, 6) is -0.460. The number of benzene rings is 3. The van der Waals surface area contributed by atoms with E-state index in [0.717, 1.165) is 17.7 Å². The Morgan fingerprint density at radius 3 is 2.56 bits per heavy atom. The second-order valence-corrected chi connectivity index (χ2v) is 8.55. The number of halogens is 2. The molecule has 0 heterocycles. The number of nitro groups is 1. The molecule has 0 radical (unpaired) electrons. The first-order chi connectivity index (χ1) is 17.2. The number of non-ortho nitro benzene ring substituents is 1. The SMILES string of the molecule is CCOc1cc(C=C(C#N)C(=O)Nc2ccc([N+](=O)[O-])cc2O)cc(Br)c1OCc1ccc(Cl)cc1. The Hall–Kier alpha value is -4.07. The van der Waals surface area contributed by atoms with E-state index in [1.54, 1.807) is 24.3 Å². The number of nitrogens with one attached hydrogen (secondary N) is 1. The van der Waals surface area contributed by atoms with Gasteiger partial charge in [0.1, 0.15) is 24.0 Å². The predicted molar refractivity (Wildman–Crippen MR) is 138 cm³/mol. The highest BCUT2D eigenvalue weighted by atomic mass is 79.9. The average molecular weight is 573 g/mol. The van der Waals surface area contributed by atoms with Gasteiger partial charge < -0.3 is 19.9 Å². The maximum absolute atomic E-state index is 12.6. The Morgan fingerprint density at radius 1 is 1.22 bits per heavy atom. The molecule has 184 valence electrons. The number of nitrogens with zero attached hydrogens (tertiary/aromatic N) is 2. The molecule has 3 aromatic carbocycles. The highest BCUT2D eigenvalue weighted by molar-refractivity contribution is 9.10. The van der Waals surface area contributed by atoms with Crippen LogP contribution in [0.15, 0.2) is 64.6 Å². The normalized spacial score (nSPS) is 10.9. The van der Waals surface area contributed by atoms with Crippen LogP contribution >= 0.6 is 27.5 Å². The van der Waals surface area contributed by atoms with Crippen molar-refractivity contribution in [3.05, 3.63) is 90.9 Å². The van der Waals surface area contributed by atoms with Gasteiger partial charge in [0.25, 0.3) is 11.6 Å². The van der Waals surface area contributed by atoms with Gasteiger partial charge in [-0.15, -0.1) is 0 Å². The van der Waals surface area contributed by atoms with Crippen molar-refractivity contribution >= 4 is 50.9 Å². The number of rotatable bonds is 9. The fourth-order valence-corrected chi connectivity index (χ4v) is 3.75. The first kappa shape index (κ1) is 26.5. The summed E-state index contributed by atoms with van der Waals surface area (Å²) < 4.78 is 12.2. The van der Waals surface area contributed by atoms with Crippen molar-refractivity contribution in [1.29, 1.82) is 5.26 Å². The molecule has 3 aromatic rings. The van der Waals surface area contributed by atoms with Crippen LogP contribution in [-0.4, -0.2) is 22.5 Å². The van der Waals surface area contributed by atoms with Crippen LogP contribution in [0, 0.1) is 21.4 Å². The summed E-state index contributed by atoms with van der Waals surface area (Å²) in [6, 6.07) is 15.5. The van der Waals surface area contributed by atoms with Gasteiger partial charge in [-0.2, -0.15) is 5.26 Å². The summed E-state index contributed by atoms with van der Waals surface area (Å²) in [5, 5.41) is 33.3. The van der Waals surface area contributed by atoms with Gasteiger partial charge in [-0.25, -0.2) is 0 Å². The maximum Gasteiger partial charge on any atom is 0.273 e. The van der Waals surface area contributed by atoms with Crippen LogP contribution < -0.4 is 14.8 Å². The smallest absolute Gasteiger partial charge is 0.273 e. The number of amides is 1. The summed E-state index contributed by atoms with van der Waals surface area (Å²) in [7, 11) is 0. The molecule has 0 saturated heterocycles. The Kier molecular flexibility index (Phi) is 8.89. The highest BCUT2D eigenvalue weighted by Crippen LogP contribution is 2.38. The molecule has 0 unspecified atom stereocenters. The highest BCUT2D eigenvalue weighted by Gasteiger charge is 2.17. The van der Waals surface area contributed by atoms with E-state index in [4.69, 9.17) is 21.1 Å². The molecule has 36 heavy (non-hydrogen) atoms. The molecule has 3 rings (SSSR count). The van der Waals surface area contributed by atoms with E-state index in [2.05, 4.69) is 21.2 Å². The monoisotopic (exact) mass is 571 g/mol. The predicted octanol–water partition coefficient (Wildman–Crippen LogP) is 6.24. The van der Waals surface area contributed by atoms with E-state index >= 15 is 0 Å². The van der Waals surface area contributed by atoms with Crippen LogP contribution in [0.1, 0.15) is 18.1 Å². The largest absolute Gasteiger partial charge is 0.506 e. The zero-order chi connectivity index (χ0) is 26.2. The van der Waals surface area contributed by atoms with E-state index in [-0.39, 0.29) is 23.6 Å². The van der Waals surface area contributed by atoms with Gasteiger partial charge in [-0.05, 0) is 70.4 Å². The standard InChI is InChI=1S/C25H19BrClN3O6/c1-2-35-23-11-16(10-20(26)24(23)36-14-15-3-5-18(27)6-4-15)9-17(13-28)25(32)29-21-8-7-19(30(33)34)12-22(21)31/h3-12,31H,2,14H2,1H3,(H,29,32). The second kappa shape index (κ2) is 12.1. The third-order valence-corrected chi connectivity index (χ3v) is 5.59. The van der Waals surface area contributed by atoms with Gasteiger partial charge >= 0.3 is 0 Å². The molecule has 0 aromatic heterocycles. The van der Waals surface area contributed by atoms with Crippen molar-refractivity contribution in [1.82, 2.24) is 0 Å². The van der Waals surface area contributed by atoms with Crippen molar-refractivity contribution < 1.29 is 24.3 Å². The molecule has 2 N–H and O–H groups in total. The Balaban J connectivity index is 1.84. The van der Waals surface area contributed by atoms with Crippen molar-refractivity contribution in [2.75, 3.05) is 11.9 Å². The molecule has 1 amide bonds. The Morgan fingerprint density at radius 2 is 1.94 bits per heavy atom. The molecule has 9 nitrogen and oxygen atoms in total. The summed E-state index contributed by atoms with van der Waals surface area (Å²) in [6.07, 6.45) is 1.34. The lowest BCUT2D eigenvalue weighted by Crippen LogP contribution is -2.13. The summed E-state index contributed by atoms with van der Waals surface area (Å²) >= 11 is 9.38. The number of phenols is 1. The lowest BCUT2D eigenvalue weighted by molar-refractivity contribution is -0.384. The summed E-state index contributed by atoms with van der Waals surface area (Å²) in [4.78, 5) is 22.8. The van der Waals surface area contributed by atoms with Crippen LogP contribution in [-0.2, 0) is 11.4 Å². The first-order valence-electron chi connectivity index (χ1n) is 10.5. The van der Waals surface area contributed by atoms with Crippen LogP contribution in [0.4, 0.5) is 11.4 Å². The number of nitriles is 1. The molecule has 0 aliphatic carbocycles. The van der Waals surface area contributed by atoms with E-state index in [1.165, 1.54) is 12.1 Å². The van der Waals surface area contributed by atoms with Gasteiger partial charge in [0.15, 0.2) is 11.5 Å². The number of carbonyl (C=O) groups excluding carboxylic acids is 1. The van der Waals surface area contributed by atoms with Gasteiger partial charge in [-0.3, -0.25) is 14.9 Å². The maximum atomic E-state index is 12.6. The number of hydrogen-bond acceptors (Lipinski definition) is 7. The summed E-state index contributed by atoms with van der Waals surface area (Å²) in [6.45, 7) is 2.42. The van der Waals surface area contributed by atoms with Crippen molar-refractivity contribution in [2.24, 2.45) is 0 Å². The fourth-order valence-electron chi connectivity index (χ4n) is 3.05. The van der Waals surface area contributed by atoms with Crippen LogP contribution in [0.25, 0.3) is 6.08 Å². The molecule has 0 saturated carbocycles. The second-order valence-electron chi connectivity index (χ2n) is 7.26. The molecule has 0 bridgehead atoms. The zero-order valence-corrected chi connectivity index (χ0v) is 21.2. The number of aromatic hydroxyl groups is 1.